The Labute approximate surface area is 183 Å². The number of amides is 1. The lowest BCUT2D eigenvalue weighted by Gasteiger charge is -2.23. The van der Waals surface area contributed by atoms with Gasteiger partial charge in [0, 0.05) is 36.4 Å². The highest BCUT2D eigenvalue weighted by Crippen LogP contribution is 2.28. The van der Waals surface area contributed by atoms with Crippen LogP contribution in [0.4, 0.5) is 8.78 Å². The summed E-state index contributed by atoms with van der Waals surface area (Å²) in [6, 6.07) is 12.9. The molecule has 1 atom stereocenters. The summed E-state index contributed by atoms with van der Waals surface area (Å²) < 4.78 is 36.1. The molecule has 2 aromatic carbocycles. The molecule has 1 aromatic heterocycles. The van der Waals surface area contributed by atoms with Crippen molar-refractivity contribution in [1.29, 1.82) is 0 Å². The van der Waals surface area contributed by atoms with Crippen molar-refractivity contribution < 1.29 is 18.3 Å². The molecule has 1 unspecified atom stereocenters. The predicted octanol–water partition coefficient (Wildman–Crippen LogP) is 3.64. The highest BCUT2D eigenvalue weighted by Gasteiger charge is 2.21. The van der Waals surface area contributed by atoms with Gasteiger partial charge in [-0.3, -0.25) is 9.59 Å². The summed E-state index contributed by atoms with van der Waals surface area (Å²) in [7, 11) is 0. The third-order valence-electron chi connectivity index (χ3n) is 5.54. The number of aromatic nitrogens is 2. The molecule has 166 valence electrons. The van der Waals surface area contributed by atoms with Gasteiger partial charge in [0.05, 0.1) is 12.3 Å². The molecule has 0 aliphatic carbocycles. The largest absolute Gasteiger partial charge is 0.381 e. The monoisotopic (exact) mass is 439 g/mol. The van der Waals surface area contributed by atoms with E-state index in [1.165, 1.54) is 22.9 Å². The Hall–Kier alpha value is -3.39. The van der Waals surface area contributed by atoms with Crippen molar-refractivity contribution in [3.8, 4) is 5.69 Å². The fraction of sp³-hybridized carbons (Fsp3) is 0.292. The maximum absolute atomic E-state index is 14.6. The first kappa shape index (κ1) is 21.8. The number of rotatable bonds is 5. The standard InChI is InChI=1S/C24H23F2N3O3/c1-15-10-22(30)23(28-29(15)18-7-3-2-4-8-18)24(31)27-13-19-20(25)11-17(12-21(19)26)16-6-5-9-32-14-16/h2-4,7-8,10-12,16H,5-6,9,13-14H2,1H3,(H,27,31). The van der Waals surface area contributed by atoms with Crippen LogP contribution in [0.5, 0.6) is 0 Å². The molecule has 0 spiro atoms. The van der Waals surface area contributed by atoms with E-state index in [9.17, 15) is 18.4 Å². The first-order valence-corrected chi connectivity index (χ1v) is 10.4. The lowest BCUT2D eigenvalue weighted by atomic mass is 9.92. The number of benzene rings is 2. The summed E-state index contributed by atoms with van der Waals surface area (Å²) in [5.74, 6) is -2.35. The molecule has 1 saturated heterocycles. The number of nitrogens with one attached hydrogen (secondary N) is 1. The summed E-state index contributed by atoms with van der Waals surface area (Å²) >= 11 is 0. The molecule has 32 heavy (non-hydrogen) atoms. The number of aryl methyl sites for hydroxylation is 1. The third-order valence-corrected chi connectivity index (χ3v) is 5.54. The molecule has 1 amide bonds. The molecule has 1 N–H and O–H groups in total. The van der Waals surface area contributed by atoms with E-state index in [2.05, 4.69) is 10.4 Å². The molecule has 1 fully saturated rings. The Bertz CT molecular complexity index is 1170. The number of hydrogen-bond donors (Lipinski definition) is 1. The number of halogens is 2. The fourth-order valence-electron chi connectivity index (χ4n) is 3.82. The van der Waals surface area contributed by atoms with E-state index in [4.69, 9.17) is 4.74 Å². The molecule has 8 heteroatoms. The highest BCUT2D eigenvalue weighted by atomic mass is 19.1. The van der Waals surface area contributed by atoms with Crippen molar-refractivity contribution in [2.75, 3.05) is 13.2 Å². The van der Waals surface area contributed by atoms with Gasteiger partial charge in [0.15, 0.2) is 5.69 Å². The molecule has 0 radical (unpaired) electrons. The smallest absolute Gasteiger partial charge is 0.276 e. The van der Waals surface area contributed by atoms with Crippen LogP contribution < -0.4 is 10.7 Å². The SMILES string of the molecule is Cc1cc(=O)c(C(=O)NCc2c(F)cc(C3CCCOC3)cc2F)nn1-c1ccccc1. The number of hydrogen-bond acceptors (Lipinski definition) is 4. The van der Waals surface area contributed by atoms with Crippen LogP contribution >= 0.6 is 0 Å². The van der Waals surface area contributed by atoms with Crippen LogP contribution in [0.15, 0.2) is 53.3 Å². The molecule has 6 nitrogen and oxygen atoms in total. The van der Waals surface area contributed by atoms with E-state index in [1.54, 1.807) is 19.1 Å². The topological polar surface area (TPSA) is 73.2 Å². The first-order chi connectivity index (χ1) is 15.4. The third kappa shape index (κ3) is 4.60. The highest BCUT2D eigenvalue weighted by molar-refractivity contribution is 5.92. The van der Waals surface area contributed by atoms with E-state index in [-0.39, 0.29) is 17.2 Å². The Morgan fingerprint density at radius 2 is 1.91 bits per heavy atom. The number of carbonyl (C=O) groups is 1. The number of ether oxygens (including phenoxy) is 1. The Morgan fingerprint density at radius 3 is 2.56 bits per heavy atom. The lowest BCUT2D eigenvalue weighted by Crippen LogP contribution is -2.32. The minimum Gasteiger partial charge on any atom is -0.381 e. The van der Waals surface area contributed by atoms with Crippen molar-refractivity contribution in [2.45, 2.75) is 32.2 Å². The van der Waals surface area contributed by atoms with Gasteiger partial charge in [-0.1, -0.05) is 18.2 Å². The molecule has 0 saturated carbocycles. The second-order valence-corrected chi connectivity index (χ2v) is 7.81. The summed E-state index contributed by atoms with van der Waals surface area (Å²) in [4.78, 5) is 25.0. The molecule has 1 aliphatic heterocycles. The van der Waals surface area contributed by atoms with Crippen molar-refractivity contribution in [3.63, 3.8) is 0 Å². The molecule has 1 aliphatic rings. The van der Waals surface area contributed by atoms with Crippen molar-refractivity contribution in [3.05, 3.63) is 92.9 Å². The van der Waals surface area contributed by atoms with Crippen LogP contribution in [-0.2, 0) is 11.3 Å². The minimum absolute atomic E-state index is 0.0513. The second kappa shape index (κ2) is 9.40. The van der Waals surface area contributed by atoms with Gasteiger partial charge >= 0.3 is 0 Å². The average molecular weight is 439 g/mol. The molecule has 4 rings (SSSR count). The van der Waals surface area contributed by atoms with Gasteiger partial charge in [-0.05, 0) is 49.6 Å². The van der Waals surface area contributed by atoms with E-state index in [0.29, 0.717) is 30.2 Å². The minimum atomic E-state index is -0.803. The first-order valence-electron chi connectivity index (χ1n) is 10.4. The molecule has 3 aromatic rings. The van der Waals surface area contributed by atoms with Crippen LogP contribution in [0.3, 0.4) is 0 Å². The second-order valence-electron chi connectivity index (χ2n) is 7.81. The zero-order chi connectivity index (χ0) is 22.7. The van der Waals surface area contributed by atoms with Crippen LogP contribution in [-0.4, -0.2) is 28.9 Å². The zero-order valence-corrected chi connectivity index (χ0v) is 17.6. The predicted molar refractivity (Wildman–Crippen MR) is 115 cm³/mol. The quantitative estimate of drug-likeness (QED) is 0.659. The van der Waals surface area contributed by atoms with Crippen molar-refractivity contribution in [2.24, 2.45) is 0 Å². The number of carbonyl (C=O) groups excluding carboxylic acids is 1. The normalized spacial score (nSPS) is 16.0. The van der Waals surface area contributed by atoms with E-state index in [0.717, 1.165) is 12.8 Å². The van der Waals surface area contributed by atoms with Gasteiger partial charge < -0.3 is 10.1 Å². The van der Waals surface area contributed by atoms with Gasteiger partial charge in [0.25, 0.3) is 5.91 Å². The summed E-state index contributed by atoms with van der Waals surface area (Å²) in [5.41, 5.74) is 0.586. The Balaban J connectivity index is 1.53. The maximum Gasteiger partial charge on any atom is 0.276 e. The van der Waals surface area contributed by atoms with Crippen LogP contribution in [0.1, 0.15) is 46.1 Å². The average Bonchev–Trinajstić information content (AvgIpc) is 2.79. The van der Waals surface area contributed by atoms with Crippen LogP contribution in [0.2, 0.25) is 0 Å². The summed E-state index contributed by atoms with van der Waals surface area (Å²) in [6.45, 7) is 2.39. The van der Waals surface area contributed by atoms with E-state index >= 15 is 0 Å². The fourth-order valence-corrected chi connectivity index (χ4v) is 3.82. The van der Waals surface area contributed by atoms with Gasteiger partial charge in [-0.15, -0.1) is 0 Å². The molecule has 2 heterocycles. The van der Waals surface area contributed by atoms with Crippen LogP contribution in [0.25, 0.3) is 5.69 Å². The van der Waals surface area contributed by atoms with Gasteiger partial charge in [-0.25, -0.2) is 13.5 Å². The zero-order valence-electron chi connectivity index (χ0n) is 17.6. The number of para-hydroxylation sites is 1. The van der Waals surface area contributed by atoms with E-state index < -0.39 is 29.5 Å². The van der Waals surface area contributed by atoms with Gasteiger partial charge in [-0.2, -0.15) is 5.10 Å². The van der Waals surface area contributed by atoms with Crippen LogP contribution in [0, 0.1) is 18.6 Å². The molecular formula is C24H23F2N3O3. The Morgan fingerprint density at radius 1 is 1.19 bits per heavy atom. The van der Waals surface area contributed by atoms with Crippen molar-refractivity contribution in [1.82, 2.24) is 15.1 Å². The number of nitrogens with zero attached hydrogens (tertiary/aromatic N) is 2. The summed E-state index contributed by atoms with van der Waals surface area (Å²) in [6.07, 6.45) is 1.65. The molecule has 0 bridgehead atoms. The summed E-state index contributed by atoms with van der Waals surface area (Å²) in [5, 5.41) is 6.58. The maximum atomic E-state index is 14.6. The van der Waals surface area contributed by atoms with Crippen molar-refractivity contribution >= 4 is 5.91 Å². The molecular weight excluding hydrogens is 416 g/mol. The van der Waals surface area contributed by atoms with Gasteiger partial charge in [0.1, 0.15) is 11.6 Å². The van der Waals surface area contributed by atoms with Gasteiger partial charge in [0.2, 0.25) is 5.43 Å². The Kier molecular flexibility index (Phi) is 6.41. The lowest BCUT2D eigenvalue weighted by molar-refractivity contribution is 0.0803. The van der Waals surface area contributed by atoms with E-state index in [1.807, 2.05) is 18.2 Å².